The summed E-state index contributed by atoms with van der Waals surface area (Å²) in [5.74, 6) is 2.25. The molecule has 4 nitrogen and oxygen atoms in total. The minimum Gasteiger partial charge on any atom is -0.496 e. The molecule has 0 spiro atoms. The van der Waals surface area contributed by atoms with Gasteiger partial charge in [-0.2, -0.15) is 0 Å². The van der Waals surface area contributed by atoms with Crippen molar-refractivity contribution in [3.63, 3.8) is 0 Å². The lowest BCUT2D eigenvalue weighted by Crippen LogP contribution is -2.30. The summed E-state index contributed by atoms with van der Waals surface area (Å²) in [6.07, 6.45) is 1.08. The quantitative estimate of drug-likeness (QED) is 0.786. The van der Waals surface area contributed by atoms with E-state index in [0.29, 0.717) is 6.04 Å². The van der Waals surface area contributed by atoms with Gasteiger partial charge in [-0.15, -0.1) is 0 Å². The fraction of sp³-hybridized carbons (Fsp3) is 0.600. The predicted octanol–water partition coefficient (Wildman–Crippen LogP) is 2.86. The Labute approximate surface area is 116 Å². The average molecular weight is 267 g/mol. The fourth-order valence-electron chi connectivity index (χ4n) is 2.06. The van der Waals surface area contributed by atoms with E-state index in [4.69, 9.17) is 14.2 Å². The van der Waals surface area contributed by atoms with E-state index in [1.54, 1.807) is 14.2 Å². The van der Waals surface area contributed by atoms with Gasteiger partial charge in [0.2, 0.25) is 0 Å². The Morgan fingerprint density at radius 3 is 2.00 bits per heavy atom. The van der Waals surface area contributed by atoms with Crippen LogP contribution in [-0.4, -0.2) is 32.9 Å². The van der Waals surface area contributed by atoms with Gasteiger partial charge in [0.25, 0.3) is 0 Å². The molecule has 0 saturated carbocycles. The number of ether oxygens (including phenoxy) is 3. The molecule has 1 aromatic rings. The summed E-state index contributed by atoms with van der Waals surface area (Å²) in [5, 5.41) is 3.38. The van der Waals surface area contributed by atoms with Crippen molar-refractivity contribution in [3.8, 4) is 17.2 Å². The van der Waals surface area contributed by atoms with E-state index in [1.165, 1.54) is 0 Å². The first-order valence-electron chi connectivity index (χ1n) is 6.72. The maximum atomic E-state index is 5.92. The molecule has 108 valence electrons. The summed E-state index contributed by atoms with van der Waals surface area (Å²) < 4.78 is 16.4. The van der Waals surface area contributed by atoms with E-state index in [9.17, 15) is 0 Å². The van der Waals surface area contributed by atoms with Gasteiger partial charge in [-0.25, -0.2) is 0 Å². The second kappa shape index (κ2) is 7.89. The highest BCUT2D eigenvalue weighted by molar-refractivity contribution is 5.42. The number of hydrogen-bond acceptors (Lipinski definition) is 4. The van der Waals surface area contributed by atoms with E-state index in [-0.39, 0.29) is 6.10 Å². The van der Waals surface area contributed by atoms with Crippen LogP contribution in [0.1, 0.15) is 27.2 Å². The first kappa shape index (κ1) is 15.6. The molecule has 0 amide bonds. The van der Waals surface area contributed by atoms with E-state index in [1.807, 2.05) is 18.2 Å². The van der Waals surface area contributed by atoms with Gasteiger partial charge in [0.05, 0.1) is 20.3 Å². The van der Waals surface area contributed by atoms with E-state index in [2.05, 4.69) is 26.1 Å². The van der Waals surface area contributed by atoms with Crippen LogP contribution >= 0.6 is 0 Å². The van der Waals surface area contributed by atoms with E-state index >= 15 is 0 Å². The lowest BCUT2D eigenvalue weighted by Gasteiger charge is -2.20. The summed E-state index contributed by atoms with van der Waals surface area (Å²) in [6.45, 7) is 7.31. The molecule has 0 radical (unpaired) electrons. The van der Waals surface area contributed by atoms with Gasteiger partial charge in [-0.1, -0.05) is 6.92 Å². The number of methoxy groups -OCH3 is 2. The topological polar surface area (TPSA) is 39.7 Å². The summed E-state index contributed by atoms with van der Waals surface area (Å²) in [5.41, 5.74) is 0. The largest absolute Gasteiger partial charge is 0.496 e. The van der Waals surface area contributed by atoms with Crippen molar-refractivity contribution in [3.05, 3.63) is 18.2 Å². The molecular formula is C15H25NO3. The molecule has 0 bridgehead atoms. The van der Waals surface area contributed by atoms with Crippen molar-refractivity contribution in [2.75, 3.05) is 20.8 Å². The van der Waals surface area contributed by atoms with Crippen molar-refractivity contribution in [2.45, 2.75) is 39.3 Å². The number of hydrogen-bond donors (Lipinski definition) is 1. The monoisotopic (exact) mass is 267 g/mol. The Hall–Kier alpha value is -1.42. The molecule has 0 aliphatic rings. The molecule has 0 aliphatic heterocycles. The van der Waals surface area contributed by atoms with Gasteiger partial charge >= 0.3 is 0 Å². The highest BCUT2D eigenvalue weighted by atomic mass is 16.5. The van der Waals surface area contributed by atoms with Crippen LogP contribution in [0.2, 0.25) is 0 Å². The van der Waals surface area contributed by atoms with E-state index in [0.717, 1.165) is 30.2 Å². The molecule has 0 saturated heterocycles. The Bertz CT molecular complexity index is 359. The smallest absolute Gasteiger partial charge is 0.127 e. The van der Waals surface area contributed by atoms with Crippen LogP contribution < -0.4 is 19.5 Å². The first-order valence-corrected chi connectivity index (χ1v) is 6.72. The van der Waals surface area contributed by atoms with Gasteiger partial charge in [-0.3, -0.25) is 0 Å². The second-order valence-electron chi connectivity index (χ2n) is 4.67. The van der Waals surface area contributed by atoms with Crippen molar-refractivity contribution in [1.82, 2.24) is 5.32 Å². The first-order chi connectivity index (χ1) is 9.08. The zero-order chi connectivity index (χ0) is 14.3. The highest BCUT2D eigenvalue weighted by Gasteiger charge is 2.11. The van der Waals surface area contributed by atoms with Gasteiger partial charge in [-0.05, 0) is 26.8 Å². The molecule has 19 heavy (non-hydrogen) atoms. The minimum atomic E-state index is 0.130. The van der Waals surface area contributed by atoms with Crippen LogP contribution in [0.4, 0.5) is 0 Å². The molecule has 0 fully saturated rings. The van der Waals surface area contributed by atoms with Gasteiger partial charge in [0.1, 0.15) is 17.2 Å². The standard InChI is InChI=1S/C15H25NO3/c1-6-16-11(2)7-12(3)19-15-9-13(17-4)8-14(10-15)18-5/h8-12,16H,6-7H2,1-5H3. The zero-order valence-electron chi connectivity index (χ0n) is 12.5. The Balaban J connectivity index is 2.64. The molecule has 1 N–H and O–H groups in total. The minimum absolute atomic E-state index is 0.130. The maximum absolute atomic E-state index is 5.92. The van der Waals surface area contributed by atoms with Crippen molar-refractivity contribution >= 4 is 0 Å². The van der Waals surface area contributed by atoms with Crippen molar-refractivity contribution in [2.24, 2.45) is 0 Å². The zero-order valence-corrected chi connectivity index (χ0v) is 12.5. The normalized spacial score (nSPS) is 13.7. The summed E-state index contributed by atoms with van der Waals surface area (Å²) in [4.78, 5) is 0. The van der Waals surface area contributed by atoms with Crippen LogP contribution in [-0.2, 0) is 0 Å². The maximum Gasteiger partial charge on any atom is 0.127 e. The number of rotatable bonds is 8. The highest BCUT2D eigenvalue weighted by Crippen LogP contribution is 2.28. The lowest BCUT2D eigenvalue weighted by atomic mass is 10.1. The molecule has 0 aromatic heterocycles. The van der Waals surface area contributed by atoms with Gasteiger partial charge in [0, 0.05) is 24.2 Å². The second-order valence-corrected chi connectivity index (χ2v) is 4.67. The molecule has 0 aliphatic carbocycles. The molecule has 0 heterocycles. The van der Waals surface area contributed by atoms with Crippen LogP contribution in [0.5, 0.6) is 17.2 Å². The molecule has 1 aromatic carbocycles. The van der Waals surface area contributed by atoms with Gasteiger partial charge < -0.3 is 19.5 Å². The third-order valence-electron chi connectivity index (χ3n) is 2.90. The summed E-state index contributed by atoms with van der Waals surface area (Å²) >= 11 is 0. The third-order valence-corrected chi connectivity index (χ3v) is 2.90. The molecular weight excluding hydrogens is 242 g/mol. The van der Waals surface area contributed by atoms with Crippen LogP contribution in [0.15, 0.2) is 18.2 Å². The fourth-order valence-corrected chi connectivity index (χ4v) is 2.06. The van der Waals surface area contributed by atoms with Crippen LogP contribution in [0.3, 0.4) is 0 Å². The number of benzene rings is 1. The molecule has 2 unspecified atom stereocenters. The SMILES string of the molecule is CCNC(C)CC(C)Oc1cc(OC)cc(OC)c1. The van der Waals surface area contributed by atoms with Crippen LogP contribution in [0.25, 0.3) is 0 Å². The molecule has 1 rings (SSSR count). The third kappa shape index (κ3) is 5.39. The number of nitrogens with one attached hydrogen (secondary N) is 1. The Morgan fingerprint density at radius 2 is 1.53 bits per heavy atom. The average Bonchev–Trinajstić information content (AvgIpc) is 2.38. The van der Waals surface area contributed by atoms with Crippen molar-refractivity contribution < 1.29 is 14.2 Å². The predicted molar refractivity (Wildman–Crippen MR) is 77.4 cm³/mol. The summed E-state index contributed by atoms with van der Waals surface area (Å²) in [6, 6.07) is 6.01. The molecule has 4 heteroatoms. The Morgan fingerprint density at radius 1 is 1.00 bits per heavy atom. The van der Waals surface area contributed by atoms with Gasteiger partial charge in [0.15, 0.2) is 0 Å². The van der Waals surface area contributed by atoms with Crippen molar-refractivity contribution in [1.29, 1.82) is 0 Å². The van der Waals surface area contributed by atoms with E-state index < -0.39 is 0 Å². The lowest BCUT2D eigenvalue weighted by molar-refractivity contribution is 0.195. The molecule has 2 atom stereocenters. The Kier molecular flexibility index (Phi) is 6.50. The van der Waals surface area contributed by atoms with Crippen LogP contribution in [0, 0.1) is 0 Å². The summed E-state index contributed by atoms with van der Waals surface area (Å²) in [7, 11) is 3.27.